The van der Waals surface area contributed by atoms with E-state index in [0.29, 0.717) is 0 Å². The second kappa shape index (κ2) is 5.16. The number of alkyl carbamates (subject to hydrolysis) is 1. The molecule has 2 atom stereocenters. The smallest absolute Gasteiger partial charge is 0.408 e. The maximum absolute atomic E-state index is 11.6. The summed E-state index contributed by atoms with van der Waals surface area (Å²) in [5.41, 5.74) is -0.665. The number of sulfone groups is 1. The lowest BCUT2D eigenvalue weighted by atomic mass is 10.1. The van der Waals surface area contributed by atoms with Crippen LogP contribution < -0.4 is 5.32 Å². The molecule has 1 aliphatic rings. The number of carbonyl (C=O) groups is 2. The molecule has 0 saturated carbocycles. The predicted molar refractivity (Wildman–Crippen MR) is 69.3 cm³/mol. The molecule has 104 valence electrons. The summed E-state index contributed by atoms with van der Waals surface area (Å²) < 4.78 is 27.1. The zero-order chi connectivity index (χ0) is 14.1. The van der Waals surface area contributed by atoms with Crippen LogP contribution in [0.2, 0.25) is 0 Å². The molecule has 0 aromatic rings. The molecule has 1 aliphatic heterocycles. The highest BCUT2D eigenvalue weighted by atomic mass is 79.9. The van der Waals surface area contributed by atoms with E-state index < -0.39 is 43.3 Å². The summed E-state index contributed by atoms with van der Waals surface area (Å²) in [5.74, 6) is -1.08. The Morgan fingerprint density at radius 3 is 2.50 bits per heavy atom. The molecule has 0 aliphatic carbocycles. The lowest BCUT2D eigenvalue weighted by Gasteiger charge is -2.27. The number of alkyl halides is 1. The number of Topliss-reactive ketones (excluding diaryl/α,β-unsaturated/α-hetero) is 1. The Kier molecular flexibility index (Phi) is 4.42. The van der Waals surface area contributed by atoms with E-state index in [1.165, 1.54) is 0 Å². The van der Waals surface area contributed by atoms with Gasteiger partial charge in [0.25, 0.3) is 0 Å². The van der Waals surface area contributed by atoms with E-state index in [2.05, 4.69) is 21.2 Å². The highest BCUT2D eigenvalue weighted by Gasteiger charge is 2.39. The van der Waals surface area contributed by atoms with Crippen LogP contribution in [0.15, 0.2) is 0 Å². The molecular weight excluding hydrogens is 326 g/mol. The summed E-state index contributed by atoms with van der Waals surface area (Å²) in [6, 6.07) is -0.826. The van der Waals surface area contributed by atoms with Crippen LogP contribution in [-0.2, 0) is 19.4 Å². The SMILES string of the molecule is CC(C)(C)OC(=O)N[C@H]1CC(Br)S(=O)(=O)CC1=O. The zero-order valence-corrected chi connectivity index (χ0v) is 12.8. The second-order valence-electron chi connectivity index (χ2n) is 5.12. The van der Waals surface area contributed by atoms with Gasteiger partial charge in [-0.15, -0.1) is 0 Å². The van der Waals surface area contributed by atoms with Crippen molar-refractivity contribution in [2.24, 2.45) is 0 Å². The number of ketones is 1. The fraction of sp³-hybridized carbons (Fsp3) is 0.800. The van der Waals surface area contributed by atoms with Crippen molar-refractivity contribution in [3.05, 3.63) is 0 Å². The van der Waals surface area contributed by atoms with Crippen LogP contribution in [0.1, 0.15) is 27.2 Å². The first-order valence-electron chi connectivity index (χ1n) is 5.39. The van der Waals surface area contributed by atoms with E-state index in [9.17, 15) is 18.0 Å². The molecule has 0 aromatic carbocycles. The van der Waals surface area contributed by atoms with Crippen molar-refractivity contribution in [2.75, 3.05) is 5.75 Å². The van der Waals surface area contributed by atoms with Gasteiger partial charge in [-0.25, -0.2) is 13.2 Å². The van der Waals surface area contributed by atoms with Crippen LogP contribution in [0.5, 0.6) is 0 Å². The summed E-state index contributed by atoms with van der Waals surface area (Å²) in [4.78, 5) is 23.1. The van der Waals surface area contributed by atoms with E-state index in [4.69, 9.17) is 4.74 Å². The van der Waals surface area contributed by atoms with Gasteiger partial charge in [0.1, 0.15) is 15.5 Å². The van der Waals surface area contributed by atoms with Crippen LogP contribution in [-0.4, -0.2) is 41.8 Å². The molecule has 0 aromatic heterocycles. The average Bonchev–Trinajstić information content (AvgIpc) is 2.10. The molecule has 1 amide bonds. The molecule has 0 bridgehead atoms. The molecular formula is C10H16BrNO5S. The molecule has 1 saturated heterocycles. The molecule has 1 fully saturated rings. The van der Waals surface area contributed by atoms with E-state index >= 15 is 0 Å². The van der Waals surface area contributed by atoms with Gasteiger partial charge < -0.3 is 10.1 Å². The molecule has 1 unspecified atom stereocenters. The maximum atomic E-state index is 11.6. The fourth-order valence-corrected chi connectivity index (χ4v) is 3.48. The van der Waals surface area contributed by atoms with Crippen LogP contribution in [0, 0.1) is 0 Å². The Hall–Kier alpha value is -0.630. The van der Waals surface area contributed by atoms with Gasteiger partial charge >= 0.3 is 6.09 Å². The minimum atomic E-state index is -3.44. The Morgan fingerprint density at radius 2 is 2.00 bits per heavy atom. The number of ether oxygens (including phenoxy) is 1. The summed E-state index contributed by atoms with van der Waals surface area (Å²) in [7, 11) is -3.44. The van der Waals surface area contributed by atoms with Crippen molar-refractivity contribution in [1.82, 2.24) is 5.32 Å². The van der Waals surface area contributed by atoms with Gasteiger partial charge in [-0.05, 0) is 20.8 Å². The molecule has 1 heterocycles. The first-order valence-corrected chi connectivity index (χ1v) is 8.02. The predicted octanol–water partition coefficient (Wildman–Crippen LogP) is 0.988. The average molecular weight is 342 g/mol. The van der Waals surface area contributed by atoms with Gasteiger partial charge in [0.15, 0.2) is 15.6 Å². The molecule has 1 N–H and O–H groups in total. The minimum absolute atomic E-state index is 0.0143. The number of rotatable bonds is 1. The van der Waals surface area contributed by atoms with E-state index in [-0.39, 0.29) is 6.42 Å². The van der Waals surface area contributed by atoms with E-state index in [1.807, 2.05) is 0 Å². The summed E-state index contributed by atoms with van der Waals surface area (Å²) in [6.07, 6.45) is -0.708. The Morgan fingerprint density at radius 1 is 1.44 bits per heavy atom. The monoisotopic (exact) mass is 341 g/mol. The van der Waals surface area contributed by atoms with E-state index in [0.717, 1.165) is 0 Å². The molecule has 1 rings (SSSR count). The summed E-state index contributed by atoms with van der Waals surface area (Å²) >= 11 is 3.00. The standard InChI is InChI=1S/C10H16BrNO5S/c1-10(2,3)17-9(14)12-6-4-8(11)18(15,16)5-7(6)13/h6,8H,4-5H2,1-3H3,(H,12,14)/t6-,8?/m0/s1. The largest absolute Gasteiger partial charge is 0.444 e. The van der Waals surface area contributed by atoms with Gasteiger partial charge in [-0.1, -0.05) is 15.9 Å². The third-order valence-corrected chi connectivity index (χ3v) is 5.97. The van der Waals surface area contributed by atoms with Crippen LogP contribution in [0.25, 0.3) is 0 Å². The molecule has 18 heavy (non-hydrogen) atoms. The highest BCUT2D eigenvalue weighted by Crippen LogP contribution is 2.23. The summed E-state index contributed by atoms with van der Waals surface area (Å²) in [5, 5.41) is 2.39. The minimum Gasteiger partial charge on any atom is -0.444 e. The Balaban J connectivity index is 2.64. The number of amides is 1. The number of halogens is 1. The van der Waals surface area contributed by atoms with Crippen LogP contribution >= 0.6 is 15.9 Å². The van der Waals surface area contributed by atoms with Crippen molar-refractivity contribution < 1.29 is 22.7 Å². The second-order valence-corrected chi connectivity index (χ2v) is 9.01. The zero-order valence-electron chi connectivity index (χ0n) is 10.4. The maximum Gasteiger partial charge on any atom is 0.408 e. The third-order valence-electron chi connectivity index (χ3n) is 2.23. The lowest BCUT2D eigenvalue weighted by molar-refractivity contribution is -0.119. The van der Waals surface area contributed by atoms with Gasteiger partial charge in [-0.2, -0.15) is 0 Å². The van der Waals surface area contributed by atoms with Crippen LogP contribution in [0.3, 0.4) is 0 Å². The number of hydrogen-bond donors (Lipinski definition) is 1. The molecule has 6 nitrogen and oxygen atoms in total. The van der Waals surface area contributed by atoms with E-state index in [1.54, 1.807) is 20.8 Å². The van der Waals surface area contributed by atoms with Crippen molar-refractivity contribution >= 4 is 37.6 Å². The topological polar surface area (TPSA) is 89.5 Å². The third kappa shape index (κ3) is 4.24. The number of hydrogen-bond acceptors (Lipinski definition) is 5. The Labute approximate surface area is 114 Å². The normalized spacial score (nSPS) is 27.7. The highest BCUT2D eigenvalue weighted by molar-refractivity contribution is 9.11. The van der Waals surface area contributed by atoms with Gasteiger partial charge in [0, 0.05) is 6.42 Å². The van der Waals surface area contributed by atoms with Crippen molar-refractivity contribution in [3.63, 3.8) is 0 Å². The lowest BCUT2D eigenvalue weighted by Crippen LogP contribution is -2.51. The fourth-order valence-electron chi connectivity index (χ4n) is 1.44. The quantitative estimate of drug-likeness (QED) is 0.718. The summed E-state index contributed by atoms with van der Waals surface area (Å²) in [6.45, 7) is 5.10. The number of carbonyl (C=O) groups excluding carboxylic acids is 2. The van der Waals surface area contributed by atoms with Crippen molar-refractivity contribution in [2.45, 2.75) is 43.0 Å². The van der Waals surface area contributed by atoms with Crippen LogP contribution in [0.4, 0.5) is 4.79 Å². The Bertz CT molecular complexity index is 453. The van der Waals surface area contributed by atoms with Gasteiger partial charge in [-0.3, -0.25) is 4.79 Å². The van der Waals surface area contributed by atoms with Gasteiger partial charge in [0.05, 0.1) is 6.04 Å². The molecule has 8 heteroatoms. The van der Waals surface area contributed by atoms with Crippen molar-refractivity contribution in [3.8, 4) is 0 Å². The van der Waals surface area contributed by atoms with Gasteiger partial charge in [0.2, 0.25) is 0 Å². The molecule has 0 radical (unpaired) electrons. The molecule has 0 spiro atoms. The number of nitrogens with one attached hydrogen (secondary N) is 1. The first kappa shape index (κ1) is 15.4. The first-order chi connectivity index (χ1) is 8.01. The van der Waals surface area contributed by atoms with Crippen molar-refractivity contribution in [1.29, 1.82) is 0 Å².